The van der Waals surface area contributed by atoms with Gasteiger partial charge in [0.05, 0.1) is 22.3 Å². The number of anilines is 2. The van der Waals surface area contributed by atoms with E-state index in [9.17, 15) is 14.2 Å². The van der Waals surface area contributed by atoms with Crippen molar-refractivity contribution in [2.45, 2.75) is 31.4 Å². The lowest BCUT2D eigenvalue weighted by molar-refractivity contribution is 0.208. The molecule has 3 aromatic rings. The average molecular weight is 414 g/mol. The Labute approximate surface area is 172 Å². The summed E-state index contributed by atoms with van der Waals surface area (Å²) in [6, 6.07) is 15.6. The topological polar surface area (TPSA) is 88.9 Å². The summed E-state index contributed by atoms with van der Waals surface area (Å²) in [5.41, 5.74) is 3.81. The smallest absolute Gasteiger partial charge is 0.131 e. The molecular formula is C22H27N3O3S. The van der Waals surface area contributed by atoms with E-state index in [0.29, 0.717) is 24.5 Å². The molecule has 2 aromatic carbocycles. The molecule has 0 saturated carbocycles. The van der Waals surface area contributed by atoms with E-state index in [0.717, 1.165) is 33.5 Å². The molecule has 1 aromatic heterocycles. The van der Waals surface area contributed by atoms with Gasteiger partial charge in [0.25, 0.3) is 0 Å². The normalized spacial score (nSPS) is 18.0. The molecule has 2 heterocycles. The van der Waals surface area contributed by atoms with Gasteiger partial charge in [-0.05, 0) is 31.0 Å². The number of aryl methyl sites for hydroxylation is 1. The molecule has 1 atom stereocenters. The summed E-state index contributed by atoms with van der Waals surface area (Å²) in [6.45, 7) is 5.28. The number of nitrogens with zero attached hydrogens (tertiary/aromatic N) is 2. The van der Waals surface area contributed by atoms with Crippen LogP contribution in [-0.2, 0) is 6.54 Å². The first-order valence-corrected chi connectivity index (χ1v) is 11.5. The fourth-order valence-electron chi connectivity index (χ4n) is 3.73. The summed E-state index contributed by atoms with van der Waals surface area (Å²) in [5.74, 6) is 1.06. The zero-order chi connectivity index (χ0) is 20.6. The lowest BCUT2D eigenvalue weighted by Gasteiger charge is -2.32. The Hall–Kier alpha value is -2.32. The van der Waals surface area contributed by atoms with Gasteiger partial charge in [0.15, 0.2) is 0 Å². The van der Waals surface area contributed by atoms with E-state index < -0.39 is 16.7 Å². The second-order valence-corrected chi connectivity index (χ2v) is 9.81. The number of hydrogen-bond acceptors (Lipinski definition) is 6. The van der Waals surface area contributed by atoms with Crippen molar-refractivity contribution in [3.63, 3.8) is 0 Å². The quantitative estimate of drug-likeness (QED) is 0.505. The predicted octanol–water partition coefficient (Wildman–Crippen LogP) is 4.47. The van der Waals surface area contributed by atoms with Crippen molar-refractivity contribution >= 4 is 33.0 Å². The predicted molar refractivity (Wildman–Crippen MR) is 120 cm³/mol. The highest BCUT2D eigenvalue weighted by molar-refractivity contribution is 8.24. The highest BCUT2D eigenvalue weighted by atomic mass is 32.3. The number of pyridine rings is 1. The third-order valence-electron chi connectivity index (χ3n) is 5.27. The zero-order valence-corrected chi connectivity index (χ0v) is 17.5. The fourth-order valence-corrected chi connectivity index (χ4v) is 5.27. The highest BCUT2D eigenvalue weighted by Gasteiger charge is 2.26. The van der Waals surface area contributed by atoms with E-state index in [2.05, 4.69) is 10.2 Å². The van der Waals surface area contributed by atoms with Crippen LogP contribution >= 0.6 is 10.6 Å². The standard InChI is InChI=1S/C22H27N3O3S/c1-15-6-5-8-18-19(23-13-16(2)26)12-21(24-22(15)18)25-10-11-29(27,28)20-9-4-3-7-17(20)14-25/h3-9,12,16,26-28H,10-11,13-14H2,1-2H3,(H,23,24). The molecule has 1 aliphatic heterocycles. The van der Waals surface area contributed by atoms with Crippen molar-refractivity contribution in [1.29, 1.82) is 0 Å². The Balaban J connectivity index is 1.78. The third-order valence-corrected chi connectivity index (χ3v) is 7.13. The van der Waals surface area contributed by atoms with Crippen LogP contribution in [0.15, 0.2) is 53.4 Å². The molecule has 4 rings (SSSR count). The van der Waals surface area contributed by atoms with E-state index in [4.69, 9.17) is 4.98 Å². The molecule has 7 heteroatoms. The minimum absolute atomic E-state index is 0.272. The maximum atomic E-state index is 10.6. The maximum Gasteiger partial charge on any atom is 0.131 e. The van der Waals surface area contributed by atoms with Gasteiger partial charge in [0.1, 0.15) is 5.82 Å². The number of para-hydroxylation sites is 1. The number of rotatable bonds is 4. The molecule has 0 fully saturated rings. The molecule has 1 aliphatic rings. The first kappa shape index (κ1) is 20.0. The van der Waals surface area contributed by atoms with Gasteiger partial charge in [0.2, 0.25) is 0 Å². The van der Waals surface area contributed by atoms with Gasteiger partial charge >= 0.3 is 0 Å². The van der Waals surface area contributed by atoms with Gasteiger partial charge in [-0.1, -0.05) is 36.4 Å². The van der Waals surface area contributed by atoms with Gasteiger partial charge in [-0.3, -0.25) is 9.11 Å². The van der Waals surface area contributed by atoms with Crippen molar-refractivity contribution < 1.29 is 14.2 Å². The summed E-state index contributed by atoms with van der Waals surface area (Å²) in [7, 11) is -2.82. The second kappa shape index (κ2) is 7.84. The SMILES string of the molecule is Cc1cccc2c(NCC(C)O)cc(N3CCS(O)(O)c4ccccc4C3)nc12. The summed E-state index contributed by atoms with van der Waals surface area (Å²) >= 11 is 0. The lowest BCUT2D eigenvalue weighted by atomic mass is 10.1. The minimum atomic E-state index is -2.82. The number of hydrogen-bond donors (Lipinski definition) is 4. The largest absolute Gasteiger partial charge is 0.392 e. The van der Waals surface area contributed by atoms with Crippen molar-refractivity contribution in [1.82, 2.24) is 4.98 Å². The number of aromatic nitrogens is 1. The Bertz CT molecular complexity index is 1040. The number of fused-ring (bicyclic) bond motifs is 2. The molecule has 29 heavy (non-hydrogen) atoms. The van der Waals surface area contributed by atoms with Gasteiger partial charge in [-0.25, -0.2) is 4.98 Å². The summed E-state index contributed by atoms with van der Waals surface area (Å²) < 4.78 is 21.3. The van der Waals surface area contributed by atoms with Gasteiger partial charge in [-0.15, -0.1) is 0 Å². The Morgan fingerprint density at radius 3 is 2.76 bits per heavy atom. The molecule has 0 spiro atoms. The maximum absolute atomic E-state index is 10.6. The fraction of sp³-hybridized carbons (Fsp3) is 0.318. The van der Waals surface area contributed by atoms with E-state index in [1.807, 2.05) is 55.5 Å². The Morgan fingerprint density at radius 1 is 1.17 bits per heavy atom. The summed E-state index contributed by atoms with van der Waals surface area (Å²) in [6.07, 6.45) is -0.468. The van der Waals surface area contributed by atoms with Crippen LogP contribution in [0.3, 0.4) is 0 Å². The second-order valence-electron chi connectivity index (χ2n) is 7.63. The lowest BCUT2D eigenvalue weighted by Crippen LogP contribution is -2.26. The van der Waals surface area contributed by atoms with E-state index in [-0.39, 0.29) is 5.75 Å². The van der Waals surface area contributed by atoms with Crippen LogP contribution in [0.25, 0.3) is 10.9 Å². The van der Waals surface area contributed by atoms with Crippen LogP contribution in [0.1, 0.15) is 18.1 Å². The van der Waals surface area contributed by atoms with Crippen LogP contribution in [0.5, 0.6) is 0 Å². The Morgan fingerprint density at radius 2 is 1.97 bits per heavy atom. The van der Waals surface area contributed by atoms with Crippen LogP contribution < -0.4 is 10.2 Å². The number of benzene rings is 2. The number of aliphatic hydroxyl groups excluding tert-OH is 1. The first-order chi connectivity index (χ1) is 13.8. The highest BCUT2D eigenvalue weighted by Crippen LogP contribution is 2.51. The minimum Gasteiger partial charge on any atom is -0.392 e. The first-order valence-electron chi connectivity index (χ1n) is 9.76. The third kappa shape index (κ3) is 4.04. The van der Waals surface area contributed by atoms with E-state index in [1.165, 1.54) is 0 Å². The van der Waals surface area contributed by atoms with E-state index >= 15 is 0 Å². The molecule has 154 valence electrons. The van der Waals surface area contributed by atoms with Crippen LogP contribution in [0.2, 0.25) is 0 Å². The Kier molecular flexibility index (Phi) is 5.40. The van der Waals surface area contributed by atoms with Crippen molar-refractivity contribution in [3.8, 4) is 0 Å². The van der Waals surface area contributed by atoms with Crippen LogP contribution in [0, 0.1) is 6.92 Å². The van der Waals surface area contributed by atoms with Crippen LogP contribution in [0.4, 0.5) is 11.5 Å². The van der Waals surface area contributed by atoms with Gasteiger partial charge in [-0.2, -0.15) is 10.6 Å². The molecule has 0 amide bonds. The summed E-state index contributed by atoms with van der Waals surface area (Å²) in [4.78, 5) is 7.65. The van der Waals surface area contributed by atoms with Crippen LogP contribution in [-0.4, -0.2) is 44.1 Å². The molecule has 0 saturated heterocycles. The molecule has 6 nitrogen and oxygen atoms in total. The van der Waals surface area contributed by atoms with Gasteiger partial charge < -0.3 is 15.3 Å². The number of nitrogens with one attached hydrogen (secondary N) is 1. The molecule has 0 radical (unpaired) electrons. The van der Waals surface area contributed by atoms with Crippen molar-refractivity contribution in [2.24, 2.45) is 0 Å². The number of aliphatic hydroxyl groups is 1. The molecule has 4 N–H and O–H groups in total. The zero-order valence-electron chi connectivity index (χ0n) is 16.7. The van der Waals surface area contributed by atoms with Gasteiger partial charge in [0, 0.05) is 36.8 Å². The molecular weight excluding hydrogens is 386 g/mol. The van der Waals surface area contributed by atoms with Crippen molar-refractivity contribution in [2.75, 3.05) is 29.1 Å². The molecule has 0 bridgehead atoms. The summed E-state index contributed by atoms with van der Waals surface area (Å²) in [5, 5.41) is 14.1. The van der Waals surface area contributed by atoms with Crippen molar-refractivity contribution in [3.05, 3.63) is 59.7 Å². The molecule has 0 aliphatic carbocycles. The monoisotopic (exact) mass is 413 g/mol. The van der Waals surface area contributed by atoms with E-state index in [1.54, 1.807) is 6.92 Å². The average Bonchev–Trinajstić information content (AvgIpc) is 2.83. The molecule has 1 unspecified atom stereocenters.